The molecule has 0 saturated heterocycles. The number of amides is 2. The Morgan fingerprint density at radius 2 is 1.58 bits per heavy atom. The van der Waals surface area contributed by atoms with Crippen molar-refractivity contribution < 1.29 is 27.5 Å². The van der Waals surface area contributed by atoms with Crippen LogP contribution in [0, 0.1) is 0 Å². The van der Waals surface area contributed by atoms with Crippen molar-refractivity contribution in [3.8, 4) is 0 Å². The maximum Gasteiger partial charge on any atom is 0.417 e. The van der Waals surface area contributed by atoms with Crippen LogP contribution in [-0.4, -0.2) is 24.8 Å². The normalized spacial score (nSPS) is 18.3. The second-order valence-electron chi connectivity index (χ2n) is 7.47. The molecule has 3 aromatic carbocycles. The molecule has 1 heterocycles. The zero-order chi connectivity index (χ0) is 23.6. The molecule has 0 bridgehead atoms. The first kappa shape index (κ1) is 22.3. The minimum Gasteiger partial charge on any atom is -0.465 e. The average Bonchev–Trinajstić information content (AvgIpc) is 2.83. The SMILES string of the molecule is COC(=O)c1ccc(C2NC(=O)N=C(c3ccccc3)C2c2ccccc2)cc1C(F)(F)F. The standard InChI is InChI=1S/C25H19F3N2O3/c1-33-23(31)18-13-12-17(14-19(18)25(26,27)28)22-20(15-8-4-2-5-9-15)21(29-24(32)30-22)16-10-6-3-7-11-16/h2-14,20,22H,1H3,(H,30,32). The zero-order valence-corrected chi connectivity index (χ0v) is 17.5. The Bertz CT molecular complexity index is 1210. The lowest BCUT2D eigenvalue weighted by Gasteiger charge is -2.33. The molecule has 1 aliphatic rings. The van der Waals surface area contributed by atoms with Crippen LogP contribution in [0.4, 0.5) is 18.0 Å². The summed E-state index contributed by atoms with van der Waals surface area (Å²) in [5.74, 6) is -1.65. The lowest BCUT2D eigenvalue weighted by Crippen LogP contribution is -2.40. The molecule has 2 atom stereocenters. The fourth-order valence-electron chi connectivity index (χ4n) is 4.00. The fraction of sp³-hybridized carbons (Fsp3) is 0.160. The number of urea groups is 1. The summed E-state index contributed by atoms with van der Waals surface area (Å²) >= 11 is 0. The van der Waals surface area contributed by atoms with Crippen molar-refractivity contribution in [2.45, 2.75) is 18.1 Å². The first-order valence-electron chi connectivity index (χ1n) is 10.1. The summed E-state index contributed by atoms with van der Waals surface area (Å²) in [5.41, 5.74) is 0.381. The minimum absolute atomic E-state index is 0.195. The maximum absolute atomic E-state index is 13.8. The summed E-state index contributed by atoms with van der Waals surface area (Å²) in [6, 6.07) is 20.0. The summed E-state index contributed by atoms with van der Waals surface area (Å²) in [7, 11) is 1.02. The third kappa shape index (κ3) is 4.50. The fourth-order valence-corrected chi connectivity index (χ4v) is 4.00. The third-order valence-corrected chi connectivity index (χ3v) is 5.47. The molecular weight excluding hydrogens is 433 g/mol. The number of carbonyl (C=O) groups is 2. The van der Waals surface area contributed by atoms with Gasteiger partial charge in [0.1, 0.15) is 0 Å². The van der Waals surface area contributed by atoms with E-state index >= 15 is 0 Å². The van der Waals surface area contributed by atoms with E-state index in [-0.39, 0.29) is 5.56 Å². The van der Waals surface area contributed by atoms with Crippen molar-refractivity contribution in [3.63, 3.8) is 0 Å². The number of benzene rings is 3. The topological polar surface area (TPSA) is 67.8 Å². The Labute approximate surface area is 187 Å². The molecule has 5 nitrogen and oxygen atoms in total. The van der Waals surface area contributed by atoms with Gasteiger partial charge in [-0.05, 0) is 28.8 Å². The summed E-state index contributed by atoms with van der Waals surface area (Å²) in [6.45, 7) is 0. The molecule has 0 radical (unpaired) electrons. The van der Waals surface area contributed by atoms with E-state index in [1.165, 1.54) is 6.07 Å². The molecule has 168 valence electrons. The summed E-state index contributed by atoms with van der Waals surface area (Å²) < 4.78 is 45.9. The molecule has 0 fully saturated rings. The van der Waals surface area contributed by atoms with Crippen LogP contribution in [0.1, 0.15) is 44.6 Å². The molecule has 8 heteroatoms. The molecule has 1 N–H and O–H groups in total. The van der Waals surface area contributed by atoms with Gasteiger partial charge >= 0.3 is 18.2 Å². The maximum atomic E-state index is 13.8. The predicted octanol–water partition coefficient (Wildman–Crippen LogP) is 5.53. The lowest BCUT2D eigenvalue weighted by molar-refractivity contribution is -0.138. The highest BCUT2D eigenvalue weighted by Gasteiger charge is 2.39. The highest BCUT2D eigenvalue weighted by molar-refractivity contribution is 6.12. The molecule has 2 unspecified atom stereocenters. The number of carbonyl (C=O) groups excluding carboxylic acids is 2. The van der Waals surface area contributed by atoms with Gasteiger partial charge in [-0.2, -0.15) is 18.2 Å². The van der Waals surface area contributed by atoms with Crippen LogP contribution in [0.5, 0.6) is 0 Å². The molecular formula is C25H19F3N2O3. The summed E-state index contributed by atoms with van der Waals surface area (Å²) in [4.78, 5) is 28.6. The smallest absolute Gasteiger partial charge is 0.417 e. The van der Waals surface area contributed by atoms with Gasteiger partial charge in [0.15, 0.2) is 0 Å². The van der Waals surface area contributed by atoms with Crippen LogP contribution in [0.2, 0.25) is 0 Å². The van der Waals surface area contributed by atoms with Gasteiger partial charge in [-0.1, -0.05) is 66.7 Å². The van der Waals surface area contributed by atoms with E-state index < -0.39 is 41.3 Å². The molecule has 0 aliphatic carbocycles. The lowest BCUT2D eigenvalue weighted by atomic mass is 9.79. The monoisotopic (exact) mass is 452 g/mol. The van der Waals surface area contributed by atoms with E-state index in [0.717, 1.165) is 24.8 Å². The first-order valence-corrected chi connectivity index (χ1v) is 10.1. The molecule has 2 amide bonds. The Morgan fingerprint density at radius 3 is 2.18 bits per heavy atom. The number of hydrogen-bond donors (Lipinski definition) is 1. The first-order chi connectivity index (χ1) is 15.8. The van der Waals surface area contributed by atoms with Crippen LogP contribution in [0.15, 0.2) is 83.9 Å². The van der Waals surface area contributed by atoms with Crippen molar-refractivity contribution in [1.29, 1.82) is 0 Å². The van der Waals surface area contributed by atoms with E-state index in [9.17, 15) is 22.8 Å². The van der Waals surface area contributed by atoms with Crippen LogP contribution in [-0.2, 0) is 10.9 Å². The van der Waals surface area contributed by atoms with E-state index in [1.807, 2.05) is 36.4 Å². The van der Waals surface area contributed by atoms with Crippen LogP contribution >= 0.6 is 0 Å². The van der Waals surface area contributed by atoms with E-state index in [4.69, 9.17) is 0 Å². The number of ether oxygens (including phenoxy) is 1. The van der Waals surface area contributed by atoms with Gasteiger partial charge in [-0.15, -0.1) is 0 Å². The third-order valence-electron chi connectivity index (χ3n) is 5.47. The number of nitrogens with one attached hydrogen (secondary N) is 1. The van der Waals surface area contributed by atoms with Gasteiger partial charge in [0, 0.05) is 0 Å². The van der Waals surface area contributed by atoms with Crippen LogP contribution in [0.25, 0.3) is 0 Å². The quantitative estimate of drug-likeness (QED) is 0.530. The average molecular weight is 452 g/mol. The Morgan fingerprint density at radius 1 is 0.939 bits per heavy atom. The number of nitrogens with zero attached hydrogens (tertiary/aromatic N) is 1. The van der Waals surface area contributed by atoms with Crippen molar-refractivity contribution in [2.75, 3.05) is 7.11 Å². The molecule has 0 spiro atoms. The number of hydrogen-bond acceptors (Lipinski definition) is 3. The van der Waals surface area contributed by atoms with Crippen molar-refractivity contribution in [3.05, 3.63) is 107 Å². The van der Waals surface area contributed by atoms with E-state index in [0.29, 0.717) is 11.3 Å². The second kappa shape index (κ2) is 8.90. The zero-order valence-electron chi connectivity index (χ0n) is 17.5. The van der Waals surface area contributed by atoms with Gasteiger partial charge in [0.25, 0.3) is 0 Å². The highest BCUT2D eigenvalue weighted by atomic mass is 19.4. The van der Waals surface area contributed by atoms with Gasteiger partial charge < -0.3 is 10.1 Å². The van der Waals surface area contributed by atoms with Gasteiger partial charge in [0.2, 0.25) is 0 Å². The Hall–Kier alpha value is -3.94. The molecule has 3 aromatic rings. The number of rotatable bonds is 4. The number of aliphatic imine (C=N–C) groups is 1. The summed E-state index contributed by atoms with van der Waals surface area (Å²) in [5, 5.41) is 2.71. The predicted molar refractivity (Wildman–Crippen MR) is 116 cm³/mol. The Balaban J connectivity index is 1.89. The number of esters is 1. The number of alkyl halides is 3. The number of halogens is 3. The molecule has 0 aromatic heterocycles. The molecule has 0 saturated carbocycles. The molecule has 1 aliphatic heterocycles. The van der Waals surface area contributed by atoms with Crippen molar-refractivity contribution in [1.82, 2.24) is 5.32 Å². The van der Waals surface area contributed by atoms with Crippen molar-refractivity contribution >= 4 is 17.7 Å². The Kier molecular flexibility index (Phi) is 6.00. The van der Waals surface area contributed by atoms with Gasteiger partial charge in [0.05, 0.1) is 35.9 Å². The molecule has 33 heavy (non-hydrogen) atoms. The second-order valence-corrected chi connectivity index (χ2v) is 7.47. The van der Waals surface area contributed by atoms with Gasteiger partial charge in [-0.3, -0.25) is 0 Å². The van der Waals surface area contributed by atoms with Crippen molar-refractivity contribution in [2.24, 2.45) is 4.99 Å². The summed E-state index contributed by atoms with van der Waals surface area (Å²) in [6.07, 6.45) is -4.79. The van der Waals surface area contributed by atoms with Crippen LogP contribution in [0.3, 0.4) is 0 Å². The molecule has 4 rings (SSSR count). The minimum atomic E-state index is -4.79. The highest BCUT2D eigenvalue weighted by Crippen LogP contribution is 2.40. The van der Waals surface area contributed by atoms with E-state index in [2.05, 4.69) is 15.0 Å². The van der Waals surface area contributed by atoms with E-state index in [1.54, 1.807) is 24.3 Å². The number of methoxy groups -OCH3 is 1. The van der Waals surface area contributed by atoms with Gasteiger partial charge in [-0.25, -0.2) is 9.59 Å². The largest absolute Gasteiger partial charge is 0.465 e. The van der Waals surface area contributed by atoms with Crippen LogP contribution < -0.4 is 5.32 Å².